The first-order chi connectivity index (χ1) is 8.45. The molecule has 1 amide bonds. The zero-order valence-corrected chi connectivity index (χ0v) is 9.94. The average molecular weight is 254 g/mol. The summed E-state index contributed by atoms with van der Waals surface area (Å²) >= 11 is 0. The Morgan fingerprint density at radius 3 is 2.67 bits per heavy atom. The Morgan fingerprint density at radius 2 is 2.17 bits per heavy atom. The molecule has 0 fully saturated rings. The highest BCUT2D eigenvalue weighted by molar-refractivity contribution is 5.94. The fourth-order valence-electron chi connectivity index (χ4n) is 1.37. The van der Waals surface area contributed by atoms with E-state index in [2.05, 4.69) is 5.32 Å². The molecule has 1 rings (SSSR count). The first kappa shape index (κ1) is 14.1. The molecule has 0 unspecified atom stereocenters. The van der Waals surface area contributed by atoms with Gasteiger partial charge >= 0.3 is 5.97 Å². The minimum atomic E-state index is -1.21. The summed E-state index contributed by atoms with van der Waals surface area (Å²) < 4.78 is 13.4. The predicted octanol–water partition coefficient (Wildman–Crippen LogP) is 0.530. The highest BCUT2D eigenvalue weighted by atomic mass is 19.1. The standard InChI is InChI=1S/C12H15FN2O3/c1-2-7-3-4-8(5-9(7)13)11(16)15-6-10(14)12(17)18/h3-5,10H,2,6,14H2,1H3,(H,15,16)(H,17,18)/t10-/m1/s1. The van der Waals surface area contributed by atoms with E-state index < -0.39 is 23.7 Å². The van der Waals surface area contributed by atoms with E-state index in [0.717, 1.165) is 6.07 Å². The van der Waals surface area contributed by atoms with Crippen molar-refractivity contribution >= 4 is 11.9 Å². The molecule has 4 N–H and O–H groups in total. The molecule has 0 aliphatic heterocycles. The van der Waals surface area contributed by atoms with Gasteiger partial charge in [0.25, 0.3) is 5.91 Å². The van der Waals surface area contributed by atoms with Gasteiger partial charge in [-0.25, -0.2) is 4.39 Å². The third-order valence-corrected chi connectivity index (χ3v) is 2.50. The van der Waals surface area contributed by atoms with Crippen LogP contribution in [0.2, 0.25) is 0 Å². The molecule has 0 saturated heterocycles. The summed E-state index contributed by atoms with van der Waals surface area (Å²) in [5.41, 5.74) is 5.89. The largest absolute Gasteiger partial charge is 0.480 e. The molecule has 0 saturated carbocycles. The summed E-state index contributed by atoms with van der Waals surface area (Å²) in [6, 6.07) is 2.97. The zero-order chi connectivity index (χ0) is 13.7. The van der Waals surface area contributed by atoms with Crippen molar-refractivity contribution in [2.24, 2.45) is 5.73 Å². The van der Waals surface area contributed by atoms with E-state index in [0.29, 0.717) is 12.0 Å². The van der Waals surface area contributed by atoms with Gasteiger partial charge in [0.15, 0.2) is 0 Å². The van der Waals surface area contributed by atoms with Crippen LogP contribution in [0.4, 0.5) is 4.39 Å². The maximum Gasteiger partial charge on any atom is 0.322 e. The third kappa shape index (κ3) is 3.53. The topological polar surface area (TPSA) is 92.4 Å². The molecule has 6 heteroatoms. The number of carbonyl (C=O) groups excluding carboxylic acids is 1. The molecule has 0 radical (unpaired) electrons. The Kier molecular flexibility index (Phi) is 4.79. The summed E-state index contributed by atoms with van der Waals surface area (Å²) in [4.78, 5) is 22.0. The van der Waals surface area contributed by atoms with Crippen LogP contribution in [-0.4, -0.2) is 29.6 Å². The van der Waals surface area contributed by atoms with Gasteiger partial charge in [-0.15, -0.1) is 0 Å². The third-order valence-electron chi connectivity index (χ3n) is 2.50. The highest BCUT2D eigenvalue weighted by Crippen LogP contribution is 2.10. The van der Waals surface area contributed by atoms with Gasteiger partial charge in [0.05, 0.1) is 0 Å². The number of halogens is 1. The average Bonchev–Trinajstić information content (AvgIpc) is 2.35. The monoisotopic (exact) mass is 254 g/mol. The van der Waals surface area contributed by atoms with Crippen LogP contribution in [0, 0.1) is 5.82 Å². The van der Waals surface area contributed by atoms with Crippen LogP contribution >= 0.6 is 0 Å². The SMILES string of the molecule is CCc1ccc(C(=O)NC[C@@H](N)C(=O)O)cc1F. The van der Waals surface area contributed by atoms with Gasteiger partial charge in [-0.05, 0) is 24.1 Å². The van der Waals surface area contributed by atoms with Crippen molar-refractivity contribution in [3.63, 3.8) is 0 Å². The minimum Gasteiger partial charge on any atom is -0.480 e. The Morgan fingerprint density at radius 1 is 1.50 bits per heavy atom. The van der Waals surface area contributed by atoms with Crippen molar-refractivity contribution in [3.8, 4) is 0 Å². The highest BCUT2D eigenvalue weighted by Gasteiger charge is 2.14. The first-order valence-corrected chi connectivity index (χ1v) is 5.50. The van der Waals surface area contributed by atoms with E-state index >= 15 is 0 Å². The molecule has 0 heterocycles. The van der Waals surface area contributed by atoms with Crippen molar-refractivity contribution < 1.29 is 19.1 Å². The summed E-state index contributed by atoms with van der Waals surface area (Å²) in [6.45, 7) is 1.61. The Balaban J connectivity index is 2.67. The summed E-state index contributed by atoms with van der Waals surface area (Å²) in [5.74, 6) is -2.20. The summed E-state index contributed by atoms with van der Waals surface area (Å²) in [6.07, 6.45) is 0.539. The molecular formula is C12H15FN2O3. The lowest BCUT2D eigenvalue weighted by atomic mass is 10.1. The molecule has 1 aromatic rings. The van der Waals surface area contributed by atoms with Crippen molar-refractivity contribution in [2.45, 2.75) is 19.4 Å². The molecule has 1 aromatic carbocycles. The number of carbonyl (C=O) groups is 2. The van der Waals surface area contributed by atoms with E-state index in [1.807, 2.05) is 6.92 Å². The van der Waals surface area contributed by atoms with Crippen LogP contribution < -0.4 is 11.1 Å². The second-order valence-corrected chi connectivity index (χ2v) is 3.81. The van der Waals surface area contributed by atoms with E-state index in [1.54, 1.807) is 0 Å². The second kappa shape index (κ2) is 6.11. The van der Waals surface area contributed by atoms with Gasteiger partial charge in [0.2, 0.25) is 0 Å². The minimum absolute atomic E-state index is 0.141. The Hall–Kier alpha value is -1.95. The van der Waals surface area contributed by atoms with Crippen molar-refractivity contribution in [3.05, 3.63) is 35.1 Å². The molecule has 0 aliphatic rings. The molecule has 0 aliphatic carbocycles. The van der Waals surface area contributed by atoms with Crippen LogP contribution in [0.15, 0.2) is 18.2 Å². The summed E-state index contributed by atoms with van der Waals surface area (Å²) in [5, 5.41) is 10.9. The molecule has 5 nitrogen and oxygen atoms in total. The lowest BCUT2D eigenvalue weighted by molar-refractivity contribution is -0.138. The predicted molar refractivity (Wildman–Crippen MR) is 63.7 cm³/mol. The number of hydrogen-bond acceptors (Lipinski definition) is 3. The van der Waals surface area contributed by atoms with Crippen LogP contribution in [-0.2, 0) is 11.2 Å². The number of nitrogens with one attached hydrogen (secondary N) is 1. The van der Waals surface area contributed by atoms with Gasteiger partial charge in [-0.2, -0.15) is 0 Å². The number of carboxylic acids is 1. The summed E-state index contributed by atoms with van der Waals surface area (Å²) in [7, 11) is 0. The molecule has 0 bridgehead atoms. The van der Waals surface area contributed by atoms with Crippen LogP contribution in [0.5, 0.6) is 0 Å². The number of aliphatic carboxylic acids is 1. The van der Waals surface area contributed by atoms with Gasteiger partial charge < -0.3 is 16.2 Å². The molecule has 0 spiro atoms. The first-order valence-electron chi connectivity index (χ1n) is 5.50. The van der Waals surface area contributed by atoms with E-state index in [1.165, 1.54) is 12.1 Å². The number of rotatable bonds is 5. The lowest BCUT2D eigenvalue weighted by Gasteiger charge is -2.09. The van der Waals surface area contributed by atoms with Gasteiger partial charge in [-0.3, -0.25) is 9.59 Å². The van der Waals surface area contributed by atoms with Gasteiger partial charge in [0, 0.05) is 12.1 Å². The quantitative estimate of drug-likeness (QED) is 0.714. The van der Waals surface area contributed by atoms with Crippen LogP contribution in [0.25, 0.3) is 0 Å². The molecule has 1 atom stereocenters. The number of amides is 1. The van der Waals surface area contributed by atoms with E-state index in [-0.39, 0.29) is 12.1 Å². The van der Waals surface area contributed by atoms with Crippen molar-refractivity contribution in [1.82, 2.24) is 5.32 Å². The smallest absolute Gasteiger partial charge is 0.322 e. The normalized spacial score (nSPS) is 11.9. The van der Waals surface area contributed by atoms with Crippen molar-refractivity contribution in [2.75, 3.05) is 6.54 Å². The molecule has 18 heavy (non-hydrogen) atoms. The zero-order valence-electron chi connectivity index (χ0n) is 9.94. The number of nitrogens with two attached hydrogens (primary N) is 1. The van der Waals surface area contributed by atoms with Crippen LogP contribution in [0.1, 0.15) is 22.8 Å². The number of benzene rings is 1. The fourth-order valence-corrected chi connectivity index (χ4v) is 1.37. The van der Waals surface area contributed by atoms with Crippen molar-refractivity contribution in [1.29, 1.82) is 0 Å². The fraction of sp³-hybridized carbons (Fsp3) is 0.333. The maximum absolute atomic E-state index is 13.4. The molecular weight excluding hydrogens is 239 g/mol. The Labute approximate surface area is 104 Å². The van der Waals surface area contributed by atoms with E-state index in [9.17, 15) is 14.0 Å². The number of aryl methyl sites for hydroxylation is 1. The number of hydrogen-bond donors (Lipinski definition) is 3. The van der Waals surface area contributed by atoms with E-state index in [4.69, 9.17) is 10.8 Å². The van der Waals surface area contributed by atoms with Crippen LogP contribution in [0.3, 0.4) is 0 Å². The van der Waals surface area contributed by atoms with Gasteiger partial charge in [-0.1, -0.05) is 13.0 Å². The number of carboxylic acid groups (broad SMARTS) is 1. The van der Waals surface area contributed by atoms with Gasteiger partial charge in [0.1, 0.15) is 11.9 Å². The maximum atomic E-state index is 13.4. The Bertz CT molecular complexity index is 463. The second-order valence-electron chi connectivity index (χ2n) is 3.81. The molecule has 0 aromatic heterocycles. The lowest BCUT2D eigenvalue weighted by Crippen LogP contribution is -2.42. The molecule has 98 valence electrons.